The molecule has 1 atom stereocenters. The van der Waals surface area contributed by atoms with Crippen molar-refractivity contribution in [2.24, 2.45) is 0 Å². The summed E-state index contributed by atoms with van der Waals surface area (Å²) in [7, 11) is 0. The van der Waals surface area contributed by atoms with Crippen LogP contribution in [0.2, 0.25) is 0 Å². The molecule has 2 aliphatic heterocycles. The number of quaternary nitrogens is 1. The lowest BCUT2D eigenvalue weighted by atomic mass is 10.0. The van der Waals surface area contributed by atoms with Gasteiger partial charge in [-0.15, -0.1) is 0 Å². The lowest BCUT2D eigenvalue weighted by Gasteiger charge is -2.35. The lowest BCUT2D eigenvalue weighted by Crippen LogP contribution is -2.30. The predicted molar refractivity (Wildman–Crippen MR) is 286 cm³/mol. The monoisotopic (exact) mass is 867 g/mol. The number of hydrogen-bond donors (Lipinski definition) is 0. The summed E-state index contributed by atoms with van der Waals surface area (Å²) in [4.78, 5) is 4.89. The van der Waals surface area contributed by atoms with Gasteiger partial charge in [0.15, 0.2) is 22.7 Å². The van der Waals surface area contributed by atoms with E-state index in [0.717, 1.165) is 45.3 Å². The fourth-order valence-electron chi connectivity index (χ4n) is 11.5. The van der Waals surface area contributed by atoms with Crippen molar-refractivity contribution in [3.63, 3.8) is 0 Å². The van der Waals surface area contributed by atoms with Gasteiger partial charge in [0.05, 0.1) is 33.3 Å². The van der Waals surface area contributed by atoms with Crippen LogP contribution in [0.3, 0.4) is 0 Å². The first-order valence-electron chi connectivity index (χ1n) is 23.4. The molecule has 3 heterocycles. The minimum Gasteiger partial charge on any atom is -0.310 e. The number of aromatic nitrogens is 1. The van der Waals surface area contributed by atoms with E-state index >= 15 is 0 Å². The Morgan fingerprint density at radius 2 is 0.824 bits per heavy atom. The number of nitrogens with zero attached hydrogens (tertiary/aromatic N) is 4. The summed E-state index contributed by atoms with van der Waals surface area (Å²) in [5.74, 6) is 0. The van der Waals surface area contributed by atoms with Crippen LogP contribution in [-0.4, -0.2) is 4.57 Å². The quantitative estimate of drug-likeness (QED) is 0.148. The summed E-state index contributed by atoms with van der Waals surface area (Å²) in [5, 5.41) is 4.88. The number of hydrogen-bond acceptors (Lipinski definition) is 2. The Bertz CT molecular complexity index is 3890. The molecule has 0 amide bonds. The van der Waals surface area contributed by atoms with Crippen LogP contribution >= 0.6 is 0 Å². The van der Waals surface area contributed by atoms with Gasteiger partial charge in [0, 0.05) is 63.1 Å². The molecular weight excluding hydrogens is 825 g/mol. The molecule has 2 aliphatic rings. The van der Waals surface area contributed by atoms with Crippen LogP contribution in [0.4, 0.5) is 56.9 Å². The molecule has 4 nitrogen and oxygen atoms in total. The second kappa shape index (κ2) is 15.0. The van der Waals surface area contributed by atoms with Crippen LogP contribution in [0.15, 0.2) is 261 Å². The molecule has 11 aromatic carbocycles. The van der Waals surface area contributed by atoms with Gasteiger partial charge < -0.3 is 14.4 Å². The van der Waals surface area contributed by atoms with Gasteiger partial charge >= 0.3 is 0 Å². The van der Waals surface area contributed by atoms with Gasteiger partial charge in [-0.1, -0.05) is 140 Å². The Hall–Kier alpha value is -8.96. The number of anilines is 6. The maximum absolute atomic E-state index is 2.45. The highest BCUT2D eigenvalue weighted by Crippen LogP contribution is 2.71. The fourth-order valence-corrected chi connectivity index (χ4v) is 11.5. The third kappa shape index (κ3) is 5.53. The van der Waals surface area contributed by atoms with E-state index in [4.69, 9.17) is 0 Å². The van der Waals surface area contributed by atoms with E-state index < -0.39 is 0 Å². The summed E-state index contributed by atoms with van der Waals surface area (Å²) in [6.07, 6.45) is 0. The van der Waals surface area contributed by atoms with Crippen LogP contribution in [0.5, 0.6) is 0 Å². The molecule has 14 rings (SSSR count). The molecule has 1 spiro atoms. The smallest absolute Gasteiger partial charge is 0.180 e. The molecule has 68 heavy (non-hydrogen) atoms. The summed E-state index contributed by atoms with van der Waals surface area (Å²) < 4.78 is 2.89. The standard InChI is InChI=1S/C64H43N4/c1-4-21-46(22-5-1)66(47-23-6-2-7-24-47)59-32-18-30-56-54-28-13-16-33-61(54)68(64(56)59)62-34-17-14-29-55(62)57-42-50(38-40-63(57)68)65(49-36-35-44-19-10-11-20-45(44)41-49)51-37-39-53-52-27-12-15-31-58(52)67(60(53)43-51)48-25-8-3-9-26-48/h1-43H/q+1. The maximum Gasteiger partial charge on any atom is 0.180 e. The highest BCUT2D eigenvalue weighted by atomic mass is 15.4. The van der Waals surface area contributed by atoms with Crippen LogP contribution in [-0.2, 0) is 0 Å². The Kier molecular flexibility index (Phi) is 8.48. The summed E-state index contributed by atoms with van der Waals surface area (Å²) >= 11 is 0. The molecule has 1 aromatic heterocycles. The van der Waals surface area contributed by atoms with Crippen molar-refractivity contribution in [2.45, 2.75) is 0 Å². The van der Waals surface area contributed by atoms with Crippen molar-refractivity contribution in [2.75, 3.05) is 9.80 Å². The molecule has 0 saturated carbocycles. The summed E-state index contributed by atoms with van der Waals surface area (Å²) in [6.45, 7) is 0. The summed E-state index contributed by atoms with van der Waals surface area (Å²) in [6, 6.07) is 95.8. The molecule has 0 radical (unpaired) electrons. The van der Waals surface area contributed by atoms with Crippen molar-refractivity contribution in [3.05, 3.63) is 261 Å². The molecule has 0 aliphatic carbocycles. The first-order valence-corrected chi connectivity index (χ1v) is 23.4. The Morgan fingerprint density at radius 3 is 1.57 bits per heavy atom. The van der Waals surface area contributed by atoms with Crippen molar-refractivity contribution < 1.29 is 0 Å². The minimum absolute atomic E-state index is 0.475. The fraction of sp³-hybridized carbons (Fsp3) is 0. The van der Waals surface area contributed by atoms with Crippen LogP contribution in [0, 0.1) is 0 Å². The molecule has 0 N–H and O–H groups in total. The number of para-hydroxylation sites is 7. The van der Waals surface area contributed by atoms with Crippen molar-refractivity contribution in [3.8, 4) is 27.9 Å². The number of rotatable bonds is 7. The van der Waals surface area contributed by atoms with Gasteiger partial charge in [-0.2, -0.15) is 4.48 Å². The topological polar surface area (TPSA) is 11.4 Å². The molecular formula is C64H43N4+. The number of fused-ring (bicyclic) bond motifs is 14. The summed E-state index contributed by atoms with van der Waals surface area (Å²) in [5.41, 5.74) is 20.0. The molecule has 1 unspecified atom stereocenters. The van der Waals surface area contributed by atoms with E-state index in [2.05, 4.69) is 275 Å². The molecule has 0 saturated heterocycles. The molecule has 12 aromatic rings. The Balaban J connectivity index is 1.03. The Labute approximate surface area is 395 Å². The van der Waals surface area contributed by atoms with Crippen molar-refractivity contribution >= 4 is 89.5 Å². The predicted octanol–water partition coefficient (Wildman–Crippen LogP) is 18.1. The van der Waals surface area contributed by atoms with Gasteiger partial charge in [-0.3, -0.25) is 0 Å². The number of benzene rings is 11. The average Bonchev–Trinajstić information content (AvgIpc) is 4.01. The lowest BCUT2D eigenvalue weighted by molar-refractivity contribution is 0.739. The van der Waals surface area contributed by atoms with E-state index in [-0.39, 0.29) is 0 Å². The molecule has 0 fully saturated rings. The molecule has 318 valence electrons. The van der Waals surface area contributed by atoms with Crippen LogP contribution in [0.1, 0.15) is 0 Å². The zero-order chi connectivity index (χ0) is 44.8. The highest BCUT2D eigenvalue weighted by molar-refractivity contribution is 6.16. The Morgan fingerprint density at radius 1 is 0.294 bits per heavy atom. The van der Waals surface area contributed by atoms with Crippen molar-refractivity contribution in [1.82, 2.24) is 9.05 Å². The van der Waals surface area contributed by atoms with Crippen LogP contribution < -0.4 is 14.3 Å². The third-order valence-electron chi connectivity index (χ3n) is 14.3. The van der Waals surface area contributed by atoms with Gasteiger partial charge in [-0.25, -0.2) is 0 Å². The van der Waals surface area contributed by atoms with E-state index in [1.807, 2.05) is 0 Å². The zero-order valence-corrected chi connectivity index (χ0v) is 37.1. The second-order valence-corrected chi connectivity index (χ2v) is 17.8. The van der Waals surface area contributed by atoms with E-state index in [1.54, 1.807) is 0 Å². The van der Waals surface area contributed by atoms with E-state index in [9.17, 15) is 0 Å². The van der Waals surface area contributed by atoms with Gasteiger partial charge in [0.25, 0.3) is 0 Å². The second-order valence-electron chi connectivity index (χ2n) is 17.8. The van der Waals surface area contributed by atoms with Gasteiger partial charge in [0.2, 0.25) is 0 Å². The SMILES string of the molecule is c1ccc(N(c2ccccc2)c2cccc3c2[N+]2(c4ccccc4-c4cc(N(c5ccc6ccccc6c5)c5ccc6c7ccccc7n(-c7ccccc7)c6c5)ccc42)c2ccccc2-3)cc1. The molecule has 0 bridgehead atoms. The maximum atomic E-state index is 2.45. The van der Waals surface area contributed by atoms with Crippen LogP contribution in [0.25, 0.3) is 60.5 Å². The first kappa shape index (κ1) is 38.3. The average molecular weight is 868 g/mol. The normalized spacial score (nSPS) is 14.2. The minimum atomic E-state index is 0.475. The van der Waals surface area contributed by atoms with Crippen molar-refractivity contribution in [1.29, 1.82) is 0 Å². The first-order chi connectivity index (χ1) is 33.8. The largest absolute Gasteiger partial charge is 0.310 e. The molecule has 4 heteroatoms. The highest BCUT2D eigenvalue weighted by Gasteiger charge is 2.56. The zero-order valence-electron chi connectivity index (χ0n) is 37.1. The third-order valence-corrected chi connectivity index (χ3v) is 14.3. The van der Waals surface area contributed by atoms with E-state index in [0.29, 0.717) is 4.48 Å². The van der Waals surface area contributed by atoms with E-state index in [1.165, 1.54) is 72.1 Å². The van der Waals surface area contributed by atoms with Gasteiger partial charge in [-0.05, 0) is 114 Å². The van der Waals surface area contributed by atoms with Gasteiger partial charge in [0.1, 0.15) is 5.69 Å².